The van der Waals surface area contributed by atoms with Gasteiger partial charge in [-0.25, -0.2) is 0 Å². The number of aromatic hydroxyl groups is 1. The van der Waals surface area contributed by atoms with Crippen LogP contribution in [-0.4, -0.2) is 18.2 Å². The molecule has 0 spiro atoms. The molecular formula is C13H18Cl2NO+. The predicted molar refractivity (Wildman–Crippen MR) is 70.9 cm³/mol. The molecule has 2 N–H and O–H groups in total. The monoisotopic (exact) mass is 274 g/mol. The van der Waals surface area contributed by atoms with Crippen LogP contribution in [0.15, 0.2) is 12.1 Å². The first-order valence-corrected chi connectivity index (χ1v) is 6.82. The topological polar surface area (TPSA) is 24.7 Å². The summed E-state index contributed by atoms with van der Waals surface area (Å²) in [4.78, 5) is 1.57. The maximum absolute atomic E-state index is 9.50. The van der Waals surface area contributed by atoms with E-state index in [4.69, 9.17) is 23.2 Å². The number of rotatable bonds is 2. The number of hydrogen-bond donors (Lipinski definition) is 2. The van der Waals surface area contributed by atoms with Gasteiger partial charge in [0.1, 0.15) is 6.54 Å². The first-order chi connectivity index (χ1) is 8.06. The quantitative estimate of drug-likeness (QED) is 0.851. The Kier molecular flexibility index (Phi) is 4.18. The summed E-state index contributed by atoms with van der Waals surface area (Å²) in [6.45, 7) is 5.66. The highest BCUT2D eigenvalue weighted by Crippen LogP contribution is 2.32. The van der Waals surface area contributed by atoms with Crippen LogP contribution in [0.1, 0.15) is 25.3 Å². The minimum atomic E-state index is -0.0145. The summed E-state index contributed by atoms with van der Waals surface area (Å²) >= 11 is 11.8. The van der Waals surface area contributed by atoms with Crippen LogP contribution >= 0.6 is 23.2 Å². The van der Waals surface area contributed by atoms with Crippen molar-refractivity contribution in [3.63, 3.8) is 0 Å². The molecule has 4 heteroatoms. The van der Waals surface area contributed by atoms with E-state index in [0.29, 0.717) is 10.0 Å². The zero-order valence-corrected chi connectivity index (χ0v) is 11.5. The van der Waals surface area contributed by atoms with E-state index in [1.807, 2.05) is 12.1 Å². The van der Waals surface area contributed by atoms with Crippen molar-refractivity contribution in [2.45, 2.75) is 26.3 Å². The van der Waals surface area contributed by atoms with Crippen LogP contribution in [0.3, 0.4) is 0 Å². The van der Waals surface area contributed by atoms with Crippen LogP contribution in [0.25, 0.3) is 0 Å². The summed E-state index contributed by atoms with van der Waals surface area (Å²) in [5.41, 5.74) is 1.10. The molecule has 1 heterocycles. The maximum atomic E-state index is 9.50. The molecular weight excluding hydrogens is 257 g/mol. The highest BCUT2D eigenvalue weighted by molar-refractivity contribution is 6.37. The van der Waals surface area contributed by atoms with Gasteiger partial charge in [0.2, 0.25) is 0 Å². The molecule has 1 aromatic carbocycles. The summed E-state index contributed by atoms with van der Waals surface area (Å²) in [5.74, 6) is 0.838. The number of quaternary nitrogens is 1. The third-order valence-corrected chi connectivity index (χ3v) is 4.09. The van der Waals surface area contributed by atoms with Gasteiger partial charge >= 0.3 is 0 Å². The van der Waals surface area contributed by atoms with Crippen molar-refractivity contribution in [1.82, 2.24) is 0 Å². The van der Waals surface area contributed by atoms with Gasteiger partial charge in [-0.15, -0.1) is 0 Å². The Morgan fingerprint density at radius 1 is 1.24 bits per heavy atom. The molecule has 1 aliphatic rings. The SMILES string of the molecule is CC1CC[NH+](Cc2cc(Cl)c(O)c(Cl)c2)CC1. The summed E-state index contributed by atoms with van der Waals surface area (Å²) in [6.07, 6.45) is 2.57. The van der Waals surface area contributed by atoms with Crippen molar-refractivity contribution in [1.29, 1.82) is 0 Å². The first kappa shape index (κ1) is 13.0. The average molecular weight is 275 g/mol. The Labute approximate surface area is 112 Å². The van der Waals surface area contributed by atoms with Gasteiger partial charge in [0, 0.05) is 5.56 Å². The second-order valence-corrected chi connectivity index (χ2v) is 5.83. The van der Waals surface area contributed by atoms with Gasteiger partial charge in [0.25, 0.3) is 0 Å². The zero-order valence-electron chi connectivity index (χ0n) is 9.97. The molecule has 1 saturated heterocycles. The normalized spacial score (nSPS) is 24.9. The Hall–Kier alpha value is -0.440. The number of phenolic OH excluding ortho intramolecular Hbond substituents is 1. The Bertz CT molecular complexity index is 377. The molecule has 0 atom stereocenters. The molecule has 0 radical (unpaired) electrons. The van der Waals surface area contributed by atoms with E-state index in [2.05, 4.69) is 6.92 Å². The lowest BCUT2D eigenvalue weighted by Gasteiger charge is -2.27. The third-order valence-electron chi connectivity index (χ3n) is 3.51. The van der Waals surface area contributed by atoms with Gasteiger partial charge in [-0.1, -0.05) is 30.1 Å². The van der Waals surface area contributed by atoms with E-state index in [9.17, 15) is 5.11 Å². The molecule has 0 saturated carbocycles. The number of phenols is 1. The van der Waals surface area contributed by atoms with Crippen LogP contribution in [0.2, 0.25) is 10.0 Å². The first-order valence-electron chi connectivity index (χ1n) is 6.06. The van der Waals surface area contributed by atoms with Crippen LogP contribution in [0, 0.1) is 5.92 Å². The number of benzene rings is 1. The van der Waals surface area contributed by atoms with E-state index in [1.165, 1.54) is 25.9 Å². The summed E-state index contributed by atoms with van der Waals surface area (Å²) < 4.78 is 0. The largest absolute Gasteiger partial charge is 0.505 e. The molecule has 0 bridgehead atoms. The molecule has 1 aliphatic heterocycles. The molecule has 17 heavy (non-hydrogen) atoms. The van der Waals surface area contributed by atoms with E-state index in [1.54, 1.807) is 4.90 Å². The Morgan fingerprint density at radius 3 is 2.29 bits per heavy atom. The fraction of sp³-hybridized carbons (Fsp3) is 0.538. The van der Waals surface area contributed by atoms with Crippen molar-refractivity contribution < 1.29 is 10.0 Å². The number of hydrogen-bond acceptors (Lipinski definition) is 1. The van der Waals surface area contributed by atoms with Crippen LogP contribution < -0.4 is 4.90 Å². The molecule has 0 unspecified atom stereocenters. The number of nitrogens with one attached hydrogen (secondary N) is 1. The van der Waals surface area contributed by atoms with E-state index >= 15 is 0 Å². The summed E-state index contributed by atoms with van der Waals surface area (Å²) in [6, 6.07) is 3.63. The van der Waals surface area contributed by atoms with Gasteiger partial charge in [0.15, 0.2) is 5.75 Å². The summed E-state index contributed by atoms with van der Waals surface area (Å²) in [7, 11) is 0. The van der Waals surface area contributed by atoms with Crippen molar-refractivity contribution >= 4 is 23.2 Å². The lowest BCUT2D eigenvalue weighted by molar-refractivity contribution is -0.919. The highest BCUT2D eigenvalue weighted by atomic mass is 35.5. The lowest BCUT2D eigenvalue weighted by Crippen LogP contribution is -3.11. The molecule has 0 aromatic heterocycles. The standard InChI is InChI=1S/C13H17Cl2NO/c1-9-2-4-16(5-3-9)8-10-6-11(14)13(17)12(15)7-10/h6-7,9,17H,2-5,8H2,1H3/p+1. The number of piperidine rings is 1. The van der Waals surface area contributed by atoms with Crippen LogP contribution in [0.4, 0.5) is 0 Å². The van der Waals surface area contributed by atoms with Crippen molar-refractivity contribution in [3.05, 3.63) is 27.7 Å². The van der Waals surface area contributed by atoms with Crippen molar-refractivity contribution in [3.8, 4) is 5.75 Å². The fourth-order valence-corrected chi connectivity index (χ4v) is 2.89. The van der Waals surface area contributed by atoms with Gasteiger partial charge in [-0.2, -0.15) is 0 Å². The zero-order chi connectivity index (χ0) is 12.4. The van der Waals surface area contributed by atoms with Crippen LogP contribution in [0.5, 0.6) is 5.75 Å². The second kappa shape index (κ2) is 5.47. The highest BCUT2D eigenvalue weighted by Gasteiger charge is 2.19. The molecule has 2 rings (SSSR count). The maximum Gasteiger partial charge on any atom is 0.152 e. The van der Waals surface area contributed by atoms with Gasteiger partial charge < -0.3 is 10.0 Å². The summed E-state index contributed by atoms with van der Waals surface area (Å²) in [5, 5.41) is 10.2. The predicted octanol–water partition coefficient (Wildman–Crippen LogP) is 2.51. The van der Waals surface area contributed by atoms with Gasteiger partial charge in [0.05, 0.1) is 23.1 Å². The fourth-order valence-electron chi connectivity index (χ4n) is 2.36. The average Bonchev–Trinajstić information content (AvgIpc) is 2.29. The Balaban J connectivity index is 2.04. The number of likely N-dealkylation sites (tertiary alicyclic amines) is 1. The molecule has 1 aromatic rings. The van der Waals surface area contributed by atoms with E-state index in [0.717, 1.165) is 18.0 Å². The molecule has 2 nitrogen and oxygen atoms in total. The third kappa shape index (κ3) is 3.27. The Morgan fingerprint density at radius 2 is 1.76 bits per heavy atom. The van der Waals surface area contributed by atoms with Crippen molar-refractivity contribution in [2.75, 3.05) is 13.1 Å². The molecule has 0 aliphatic carbocycles. The van der Waals surface area contributed by atoms with Gasteiger partial charge in [-0.3, -0.25) is 0 Å². The molecule has 1 fully saturated rings. The minimum absolute atomic E-state index is 0.0145. The van der Waals surface area contributed by atoms with E-state index in [-0.39, 0.29) is 5.75 Å². The number of halogens is 2. The minimum Gasteiger partial charge on any atom is -0.505 e. The second-order valence-electron chi connectivity index (χ2n) is 5.02. The van der Waals surface area contributed by atoms with Crippen molar-refractivity contribution in [2.24, 2.45) is 5.92 Å². The lowest BCUT2D eigenvalue weighted by atomic mass is 9.99. The molecule has 0 amide bonds. The molecule has 94 valence electrons. The van der Waals surface area contributed by atoms with E-state index < -0.39 is 0 Å². The smallest absolute Gasteiger partial charge is 0.152 e. The van der Waals surface area contributed by atoms with Crippen LogP contribution in [-0.2, 0) is 6.54 Å². The van der Waals surface area contributed by atoms with Gasteiger partial charge in [-0.05, 0) is 30.9 Å².